The zero-order valence-corrected chi connectivity index (χ0v) is 17.9. The summed E-state index contributed by atoms with van der Waals surface area (Å²) in [6.07, 6.45) is -0.976. The SMILES string of the molecule is CC(=O)Nc1ccc(NC(=O)C(C)OC(=O)c2ccc(-n3c(C)ccc3C)cc2)cc1. The van der Waals surface area contributed by atoms with Crippen LogP contribution in [0.3, 0.4) is 0 Å². The van der Waals surface area contributed by atoms with Gasteiger partial charge in [0.2, 0.25) is 5.91 Å². The number of carbonyl (C=O) groups is 3. The maximum Gasteiger partial charge on any atom is 0.338 e. The Morgan fingerprint density at radius 3 is 1.84 bits per heavy atom. The molecule has 0 aliphatic rings. The highest BCUT2D eigenvalue weighted by Gasteiger charge is 2.19. The zero-order chi connectivity index (χ0) is 22.5. The lowest BCUT2D eigenvalue weighted by atomic mass is 10.2. The number of aromatic nitrogens is 1. The van der Waals surface area contributed by atoms with Crippen molar-refractivity contribution in [3.63, 3.8) is 0 Å². The maximum absolute atomic E-state index is 12.4. The van der Waals surface area contributed by atoms with Crippen LogP contribution >= 0.6 is 0 Å². The van der Waals surface area contributed by atoms with E-state index in [1.807, 2.05) is 38.1 Å². The molecule has 7 heteroatoms. The largest absolute Gasteiger partial charge is 0.449 e. The van der Waals surface area contributed by atoms with E-state index < -0.39 is 18.0 Å². The number of hydrogen-bond donors (Lipinski definition) is 2. The molecule has 0 spiro atoms. The molecule has 0 bridgehead atoms. The average molecular weight is 419 g/mol. The molecule has 1 atom stereocenters. The smallest absolute Gasteiger partial charge is 0.338 e. The van der Waals surface area contributed by atoms with Crippen LogP contribution in [-0.2, 0) is 14.3 Å². The van der Waals surface area contributed by atoms with E-state index in [0.717, 1.165) is 17.1 Å². The van der Waals surface area contributed by atoms with E-state index in [9.17, 15) is 14.4 Å². The Balaban J connectivity index is 1.59. The highest BCUT2D eigenvalue weighted by atomic mass is 16.5. The van der Waals surface area contributed by atoms with E-state index in [1.54, 1.807) is 36.4 Å². The molecule has 31 heavy (non-hydrogen) atoms. The second-order valence-corrected chi connectivity index (χ2v) is 7.29. The van der Waals surface area contributed by atoms with Gasteiger partial charge in [0.25, 0.3) is 5.91 Å². The molecule has 3 aromatic rings. The molecule has 1 aromatic heterocycles. The van der Waals surface area contributed by atoms with Crippen molar-refractivity contribution >= 4 is 29.2 Å². The van der Waals surface area contributed by atoms with Crippen molar-refractivity contribution in [2.24, 2.45) is 0 Å². The summed E-state index contributed by atoms with van der Waals surface area (Å²) < 4.78 is 7.40. The lowest BCUT2D eigenvalue weighted by Gasteiger charge is -2.14. The third kappa shape index (κ3) is 5.39. The van der Waals surface area contributed by atoms with Gasteiger partial charge in [-0.1, -0.05) is 0 Å². The minimum Gasteiger partial charge on any atom is -0.449 e. The van der Waals surface area contributed by atoms with E-state index in [-0.39, 0.29) is 5.91 Å². The number of carbonyl (C=O) groups excluding carboxylic acids is 3. The summed E-state index contributed by atoms with van der Waals surface area (Å²) in [5, 5.41) is 5.34. The maximum atomic E-state index is 12.4. The molecule has 0 aliphatic heterocycles. The number of esters is 1. The van der Waals surface area contributed by atoms with Crippen molar-refractivity contribution in [1.82, 2.24) is 4.57 Å². The highest BCUT2D eigenvalue weighted by molar-refractivity contribution is 5.97. The Hall–Kier alpha value is -3.87. The van der Waals surface area contributed by atoms with Gasteiger partial charge in [-0.05, 0) is 81.4 Å². The fourth-order valence-electron chi connectivity index (χ4n) is 3.19. The van der Waals surface area contributed by atoms with Gasteiger partial charge in [-0.2, -0.15) is 0 Å². The van der Waals surface area contributed by atoms with Crippen molar-refractivity contribution < 1.29 is 19.1 Å². The summed E-state index contributed by atoms with van der Waals surface area (Å²) in [6, 6.07) is 17.8. The zero-order valence-electron chi connectivity index (χ0n) is 17.9. The van der Waals surface area contributed by atoms with Gasteiger partial charge < -0.3 is 19.9 Å². The molecule has 1 unspecified atom stereocenters. The fourth-order valence-corrected chi connectivity index (χ4v) is 3.19. The predicted molar refractivity (Wildman–Crippen MR) is 119 cm³/mol. The lowest BCUT2D eigenvalue weighted by Crippen LogP contribution is -2.30. The van der Waals surface area contributed by atoms with Crippen LogP contribution in [0, 0.1) is 13.8 Å². The molecule has 0 radical (unpaired) electrons. The van der Waals surface area contributed by atoms with Crippen molar-refractivity contribution in [1.29, 1.82) is 0 Å². The van der Waals surface area contributed by atoms with Gasteiger partial charge in [0.05, 0.1) is 5.56 Å². The summed E-state index contributed by atoms with van der Waals surface area (Å²) in [7, 11) is 0. The van der Waals surface area contributed by atoms with Crippen LogP contribution in [0.1, 0.15) is 35.6 Å². The molecular weight excluding hydrogens is 394 g/mol. The topological polar surface area (TPSA) is 89.4 Å². The number of nitrogens with one attached hydrogen (secondary N) is 2. The Labute approximate surface area is 181 Å². The van der Waals surface area contributed by atoms with Crippen LogP contribution in [0.2, 0.25) is 0 Å². The molecule has 2 N–H and O–H groups in total. The van der Waals surface area contributed by atoms with Crippen LogP contribution in [-0.4, -0.2) is 28.5 Å². The van der Waals surface area contributed by atoms with E-state index in [0.29, 0.717) is 16.9 Å². The molecule has 7 nitrogen and oxygen atoms in total. The minimum absolute atomic E-state index is 0.177. The first-order chi connectivity index (χ1) is 14.7. The number of hydrogen-bond acceptors (Lipinski definition) is 4. The molecule has 1 heterocycles. The van der Waals surface area contributed by atoms with Crippen LogP contribution in [0.25, 0.3) is 5.69 Å². The fraction of sp³-hybridized carbons (Fsp3) is 0.208. The second-order valence-electron chi connectivity index (χ2n) is 7.29. The Bertz CT molecular complexity index is 1080. The lowest BCUT2D eigenvalue weighted by molar-refractivity contribution is -0.123. The molecule has 2 amide bonds. The first-order valence-electron chi connectivity index (χ1n) is 9.89. The van der Waals surface area contributed by atoms with Crippen molar-refractivity contribution in [2.45, 2.75) is 33.8 Å². The monoisotopic (exact) mass is 419 g/mol. The number of aryl methyl sites for hydroxylation is 2. The van der Waals surface area contributed by atoms with Gasteiger partial charge in [-0.25, -0.2) is 4.79 Å². The number of rotatable bonds is 6. The van der Waals surface area contributed by atoms with E-state index in [1.165, 1.54) is 13.8 Å². The Kier molecular flexibility index (Phi) is 6.55. The average Bonchev–Trinajstić information content (AvgIpc) is 3.07. The van der Waals surface area contributed by atoms with Crippen LogP contribution in [0.5, 0.6) is 0 Å². The number of anilines is 2. The summed E-state index contributed by atoms with van der Waals surface area (Å²) in [5.74, 6) is -1.20. The Morgan fingerprint density at radius 1 is 0.806 bits per heavy atom. The third-order valence-electron chi connectivity index (χ3n) is 4.76. The molecule has 160 valence electrons. The quantitative estimate of drug-likeness (QED) is 0.585. The van der Waals surface area contributed by atoms with Gasteiger partial charge in [-0.15, -0.1) is 0 Å². The standard InChI is InChI=1S/C24H25N3O4/c1-15-5-6-16(2)27(15)22-13-7-19(8-14-22)24(30)31-17(3)23(29)26-21-11-9-20(10-12-21)25-18(4)28/h5-14,17H,1-4H3,(H,25,28)(H,26,29). The number of benzene rings is 2. The third-order valence-corrected chi connectivity index (χ3v) is 4.76. The van der Waals surface area contributed by atoms with E-state index in [4.69, 9.17) is 4.74 Å². The normalized spacial score (nSPS) is 11.5. The van der Waals surface area contributed by atoms with Crippen molar-refractivity contribution in [3.05, 3.63) is 77.6 Å². The second kappa shape index (κ2) is 9.30. The molecule has 0 saturated heterocycles. The van der Waals surface area contributed by atoms with Gasteiger partial charge in [0.15, 0.2) is 6.10 Å². The molecular formula is C24H25N3O4. The van der Waals surface area contributed by atoms with Gasteiger partial charge in [0.1, 0.15) is 0 Å². The predicted octanol–water partition coefficient (Wildman–Crippen LogP) is 4.24. The van der Waals surface area contributed by atoms with Gasteiger partial charge >= 0.3 is 5.97 Å². The highest BCUT2D eigenvalue weighted by Crippen LogP contribution is 2.18. The summed E-state index contributed by atoms with van der Waals surface area (Å²) in [5.41, 5.74) is 4.67. The van der Waals surface area contributed by atoms with E-state index in [2.05, 4.69) is 15.2 Å². The minimum atomic E-state index is -0.976. The van der Waals surface area contributed by atoms with Crippen LogP contribution in [0.15, 0.2) is 60.7 Å². The van der Waals surface area contributed by atoms with Crippen LogP contribution in [0.4, 0.5) is 11.4 Å². The van der Waals surface area contributed by atoms with Crippen molar-refractivity contribution in [2.75, 3.05) is 10.6 Å². The van der Waals surface area contributed by atoms with Gasteiger partial charge in [-0.3, -0.25) is 9.59 Å². The van der Waals surface area contributed by atoms with Crippen LogP contribution < -0.4 is 10.6 Å². The molecule has 0 aliphatic carbocycles. The van der Waals surface area contributed by atoms with E-state index >= 15 is 0 Å². The van der Waals surface area contributed by atoms with Crippen molar-refractivity contribution in [3.8, 4) is 5.69 Å². The molecule has 0 fully saturated rings. The Morgan fingerprint density at radius 2 is 1.32 bits per heavy atom. The summed E-state index contributed by atoms with van der Waals surface area (Å²) in [6.45, 7) is 6.97. The molecule has 0 saturated carbocycles. The first kappa shape index (κ1) is 21.8. The number of nitrogens with zero attached hydrogens (tertiary/aromatic N) is 1. The number of amides is 2. The first-order valence-corrected chi connectivity index (χ1v) is 9.89. The molecule has 3 rings (SSSR count). The number of ether oxygens (including phenoxy) is 1. The molecule has 2 aromatic carbocycles. The summed E-state index contributed by atoms with van der Waals surface area (Å²) in [4.78, 5) is 35.9. The van der Waals surface area contributed by atoms with Gasteiger partial charge in [0, 0.05) is 35.4 Å². The summed E-state index contributed by atoms with van der Waals surface area (Å²) >= 11 is 0.